The average Bonchev–Trinajstić information content (AvgIpc) is 3.00. The fraction of sp³-hybridized carbons (Fsp3) is 0. The van der Waals surface area contributed by atoms with E-state index in [1.54, 1.807) is 22.9 Å². The highest BCUT2D eigenvalue weighted by Gasteiger charge is 2.09. The Morgan fingerprint density at radius 3 is 2.67 bits per heavy atom. The second-order valence-electron chi connectivity index (χ2n) is 4.61. The van der Waals surface area contributed by atoms with Crippen molar-refractivity contribution < 1.29 is 4.39 Å². The highest BCUT2D eigenvalue weighted by Crippen LogP contribution is 2.22. The Balaban J connectivity index is 1.90. The molecule has 0 aliphatic carbocycles. The van der Waals surface area contributed by atoms with Gasteiger partial charge in [-0.05, 0) is 36.4 Å². The third-order valence-corrected chi connectivity index (χ3v) is 3.25. The molecule has 0 radical (unpaired) electrons. The molecule has 0 aliphatic rings. The van der Waals surface area contributed by atoms with Gasteiger partial charge in [-0.3, -0.25) is 4.40 Å². The number of nitrogens with one attached hydrogen (secondary N) is 1. The van der Waals surface area contributed by atoms with Gasteiger partial charge in [0, 0.05) is 11.1 Å². The zero-order valence-electron chi connectivity index (χ0n) is 10.9. The first-order valence-corrected chi connectivity index (χ1v) is 6.42. The van der Waals surface area contributed by atoms with Crippen LogP contribution in [0.25, 0.3) is 16.6 Å². The molecule has 0 saturated heterocycles. The smallest absolute Gasteiger partial charge is 0.215 e. The summed E-state index contributed by atoms with van der Waals surface area (Å²) in [6, 6.07) is 13.8. The molecular weight excluding hydrogens is 269 g/mol. The molecule has 0 amide bonds. The van der Waals surface area contributed by atoms with Crippen molar-refractivity contribution in [2.75, 3.05) is 5.32 Å². The largest absolute Gasteiger partial charge is 0.325 e. The van der Waals surface area contributed by atoms with Gasteiger partial charge in [-0.15, -0.1) is 10.2 Å². The molecule has 0 aliphatic heterocycles. The molecular formula is C15H10FN5. The maximum Gasteiger partial charge on any atom is 0.215 e. The van der Waals surface area contributed by atoms with E-state index in [4.69, 9.17) is 0 Å². The number of nitrogens with zero attached hydrogens (tertiary/aromatic N) is 4. The van der Waals surface area contributed by atoms with Crippen LogP contribution in [0.15, 0.2) is 54.9 Å². The van der Waals surface area contributed by atoms with Crippen molar-refractivity contribution in [3.05, 3.63) is 60.7 Å². The minimum Gasteiger partial charge on any atom is -0.325 e. The Kier molecular flexibility index (Phi) is 2.53. The first kappa shape index (κ1) is 11.8. The molecule has 2 aromatic heterocycles. The molecule has 2 heterocycles. The van der Waals surface area contributed by atoms with Crippen LogP contribution in [0.3, 0.4) is 0 Å². The van der Waals surface area contributed by atoms with Crippen LogP contribution in [-0.2, 0) is 0 Å². The lowest BCUT2D eigenvalue weighted by atomic mass is 10.2. The van der Waals surface area contributed by atoms with Gasteiger partial charge in [0.1, 0.15) is 12.1 Å². The summed E-state index contributed by atoms with van der Waals surface area (Å²) in [7, 11) is 0. The van der Waals surface area contributed by atoms with Gasteiger partial charge in [0.25, 0.3) is 0 Å². The van der Waals surface area contributed by atoms with Gasteiger partial charge in [0.2, 0.25) is 5.95 Å². The summed E-state index contributed by atoms with van der Waals surface area (Å²) in [6.45, 7) is 0. The van der Waals surface area contributed by atoms with Gasteiger partial charge in [-0.2, -0.15) is 0 Å². The zero-order valence-corrected chi connectivity index (χ0v) is 10.9. The van der Waals surface area contributed by atoms with Crippen LogP contribution < -0.4 is 5.32 Å². The number of aromatic nitrogens is 4. The summed E-state index contributed by atoms with van der Waals surface area (Å²) in [4.78, 5) is 4.57. The molecule has 0 spiro atoms. The van der Waals surface area contributed by atoms with Crippen molar-refractivity contribution >= 4 is 28.2 Å². The molecule has 1 N–H and O–H groups in total. The molecule has 0 unspecified atom stereocenters. The number of benzene rings is 2. The first-order chi connectivity index (χ1) is 10.3. The summed E-state index contributed by atoms with van der Waals surface area (Å²) < 4.78 is 14.7. The van der Waals surface area contributed by atoms with Gasteiger partial charge in [-0.1, -0.05) is 12.1 Å². The zero-order chi connectivity index (χ0) is 14.2. The number of anilines is 2. The highest BCUT2D eigenvalue weighted by atomic mass is 19.1. The standard InChI is InChI=1S/C15H10FN5/c16-10-5-7-11(8-6-10)18-15-19-13-4-2-1-3-12(13)14-20-17-9-21(14)15/h1-9H,(H,18,19). The molecule has 5 nitrogen and oxygen atoms in total. The minimum absolute atomic E-state index is 0.276. The summed E-state index contributed by atoms with van der Waals surface area (Å²) in [5.74, 6) is 0.307. The molecule has 0 saturated carbocycles. The number of rotatable bonds is 2. The van der Waals surface area contributed by atoms with Crippen LogP contribution in [0, 0.1) is 5.82 Å². The van der Waals surface area contributed by atoms with Gasteiger partial charge in [-0.25, -0.2) is 9.37 Å². The Morgan fingerprint density at radius 2 is 1.81 bits per heavy atom. The molecule has 6 heteroatoms. The fourth-order valence-corrected chi connectivity index (χ4v) is 2.25. The van der Waals surface area contributed by atoms with Crippen LogP contribution in [-0.4, -0.2) is 19.6 Å². The van der Waals surface area contributed by atoms with Gasteiger partial charge in [0.05, 0.1) is 5.52 Å². The van der Waals surface area contributed by atoms with Crippen LogP contribution in [0.2, 0.25) is 0 Å². The van der Waals surface area contributed by atoms with Crippen LogP contribution >= 0.6 is 0 Å². The molecule has 0 bridgehead atoms. The monoisotopic (exact) mass is 279 g/mol. The van der Waals surface area contributed by atoms with E-state index in [1.807, 2.05) is 24.3 Å². The van der Waals surface area contributed by atoms with Crippen LogP contribution in [0.4, 0.5) is 16.0 Å². The van der Waals surface area contributed by atoms with Crippen molar-refractivity contribution in [3.8, 4) is 0 Å². The topological polar surface area (TPSA) is 55.1 Å². The normalized spacial score (nSPS) is 11.1. The lowest BCUT2D eigenvalue weighted by Gasteiger charge is -2.09. The van der Waals surface area contributed by atoms with E-state index in [9.17, 15) is 4.39 Å². The molecule has 4 rings (SSSR count). The van der Waals surface area contributed by atoms with E-state index in [-0.39, 0.29) is 5.82 Å². The van der Waals surface area contributed by atoms with Crippen molar-refractivity contribution in [1.29, 1.82) is 0 Å². The van der Waals surface area contributed by atoms with Crippen molar-refractivity contribution in [2.24, 2.45) is 0 Å². The number of para-hydroxylation sites is 1. The van der Waals surface area contributed by atoms with Gasteiger partial charge in [0.15, 0.2) is 5.65 Å². The molecule has 4 aromatic rings. The SMILES string of the molecule is Fc1ccc(Nc2nc3ccccc3c3nncn23)cc1. The van der Waals surface area contributed by atoms with E-state index in [2.05, 4.69) is 20.5 Å². The summed E-state index contributed by atoms with van der Waals surface area (Å²) >= 11 is 0. The number of fused-ring (bicyclic) bond motifs is 3. The van der Waals surface area contributed by atoms with Crippen LogP contribution in [0.5, 0.6) is 0 Å². The lowest BCUT2D eigenvalue weighted by molar-refractivity contribution is 0.628. The Morgan fingerprint density at radius 1 is 1.00 bits per heavy atom. The predicted molar refractivity (Wildman–Crippen MR) is 78.0 cm³/mol. The number of halogens is 1. The summed E-state index contributed by atoms with van der Waals surface area (Å²) in [6.07, 6.45) is 1.60. The molecule has 21 heavy (non-hydrogen) atoms. The van der Waals surface area contributed by atoms with Crippen molar-refractivity contribution in [2.45, 2.75) is 0 Å². The second-order valence-corrected chi connectivity index (χ2v) is 4.61. The quantitative estimate of drug-likeness (QED) is 0.612. The molecule has 102 valence electrons. The summed E-state index contributed by atoms with van der Waals surface area (Å²) in [5, 5.41) is 12.2. The second kappa shape index (κ2) is 4.52. The Labute approximate surface area is 119 Å². The predicted octanol–water partition coefficient (Wildman–Crippen LogP) is 3.16. The van der Waals surface area contributed by atoms with Gasteiger partial charge < -0.3 is 5.32 Å². The van der Waals surface area contributed by atoms with E-state index in [0.717, 1.165) is 22.2 Å². The van der Waals surface area contributed by atoms with Crippen LogP contribution in [0.1, 0.15) is 0 Å². The molecule has 2 aromatic carbocycles. The fourth-order valence-electron chi connectivity index (χ4n) is 2.25. The third-order valence-electron chi connectivity index (χ3n) is 3.25. The third kappa shape index (κ3) is 1.97. The van der Waals surface area contributed by atoms with E-state index in [0.29, 0.717) is 5.95 Å². The number of hydrogen-bond donors (Lipinski definition) is 1. The lowest BCUT2D eigenvalue weighted by Crippen LogP contribution is -2.02. The maximum atomic E-state index is 13.0. The number of hydrogen-bond acceptors (Lipinski definition) is 4. The van der Waals surface area contributed by atoms with E-state index in [1.165, 1.54) is 12.1 Å². The first-order valence-electron chi connectivity index (χ1n) is 6.42. The molecule has 0 atom stereocenters. The average molecular weight is 279 g/mol. The van der Waals surface area contributed by atoms with E-state index >= 15 is 0 Å². The minimum atomic E-state index is -0.276. The van der Waals surface area contributed by atoms with Crippen molar-refractivity contribution in [1.82, 2.24) is 19.6 Å². The highest BCUT2D eigenvalue weighted by molar-refractivity contribution is 5.92. The van der Waals surface area contributed by atoms with Crippen molar-refractivity contribution in [3.63, 3.8) is 0 Å². The maximum absolute atomic E-state index is 13.0. The summed E-state index contributed by atoms with van der Waals surface area (Å²) in [5.41, 5.74) is 2.29. The van der Waals surface area contributed by atoms with Gasteiger partial charge >= 0.3 is 0 Å². The Bertz CT molecular complexity index is 930. The molecule has 0 fully saturated rings. The Hall–Kier alpha value is -3.02. The van der Waals surface area contributed by atoms with E-state index < -0.39 is 0 Å².